The maximum absolute atomic E-state index is 8.84. The molecule has 0 aliphatic carbocycles. The van der Waals surface area contributed by atoms with E-state index in [-0.39, 0.29) is 6.10 Å². The van der Waals surface area contributed by atoms with Gasteiger partial charge in [-0.25, -0.2) is 0 Å². The summed E-state index contributed by atoms with van der Waals surface area (Å²) in [5, 5.41) is 8.84. The summed E-state index contributed by atoms with van der Waals surface area (Å²) in [6, 6.07) is 0. The minimum absolute atomic E-state index is 0.00772. The highest BCUT2D eigenvalue weighted by molar-refractivity contribution is 6.18. The van der Waals surface area contributed by atoms with Gasteiger partial charge in [-0.05, 0) is 12.5 Å². The molecule has 0 bridgehead atoms. The van der Waals surface area contributed by atoms with E-state index in [1.54, 1.807) is 6.08 Å². The first-order chi connectivity index (χ1) is 4.33. The molecule has 9 heavy (non-hydrogen) atoms. The lowest BCUT2D eigenvalue weighted by atomic mass is 10.2. The van der Waals surface area contributed by atoms with Gasteiger partial charge in [0.15, 0.2) is 6.29 Å². The molecule has 0 fully saturated rings. The van der Waals surface area contributed by atoms with Crippen molar-refractivity contribution in [2.24, 2.45) is 0 Å². The average molecular weight is 149 g/mol. The van der Waals surface area contributed by atoms with E-state index in [9.17, 15) is 0 Å². The average Bonchev–Trinajstić information content (AvgIpc) is 1.88. The number of hydrogen-bond donors (Lipinski definition) is 1. The summed E-state index contributed by atoms with van der Waals surface area (Å²) >= 11 is 5.48. The Morgan fingerprint density at radius 3 is 3.00 bits per heavy atom. The Hall–Kier alpha value is -0.0500. The molecule has 0 aromatic carbocycles. The Morgan fingerprint density at radius 2 is 2.56 bits per heavy atom. The Kier molecular flexibility index (Phi) is 2.51. The van der Waals surface area contributed by atoms with Crippen molar-refractivity contribution in [2.45, 2.75) is 18.8 Å². The van der Waals surface area contributed by atoms with Gasteiger partial charge < -0.3 is 9.84 Å². The molecule has 0 unspecified atom stereocenters. The lowest BCUT2D eigenvalue weighted by molar-refractivity contribution is -0.103. The van der Waals surface area contributed by atoms with Crippen LogP contribution in [0.1, 0.15) is 6.42 Å². The van der Waals surface area contributed by atoms with Crippen molar-refractivity contribution in [3.8, 4) is 0 Å². The van der Waals surface area contributed by atoms with Gasteiger partial charge in [0, 0.05) is 5.88 Å². The molecule has 0 amide bonds. The molecule has 1 aliphatic heterocycles. The highest BCUT2D eigenvalue weighted by atomic mass is 35.5. The number of aliphatic hydroxyl groups excluding tert-OH is 1. The van der Waals surface area contributed by atoms with Gasteiger partial charge in [0.1, 0.15) is 0 Å². The summed E-state index contributed by atoms with van der Waals surface area (Å²) in [6.45, 7) is 0. The predicted octanol–water partition coefficient (Wildman–Crippen LogP) is 0.889. The van der Waals surface area contributed by atoms with Crippen LogP contribution in [0.25, 0.3) is 0 Å². The number of aliphatic hydroxyl groups is 1. The number of halogens is 1. The predicted molar refractivity (Wildman–Crippen MR) is 35.4 cm³/mol. The van der Waals surface area contributed by atoms with Crippen molar-refractivity contribution in [1.29, 1.82) is 0 Å². The molecule has 0 spiro atoms. The van der Waals surface area contributed by atoms with E-state index in [0.717, 1.165) is 6.42 Å². The van der Waals surface area contributed by atoms with Crippen molar-refractivity contribution in [3.05, 3.63) is 12.2 Å². The zero-order chi connectivity index (χ0) is 6.69. The zero-order valence-corrected chi connectivity index (χ0v) is 5.71. The molecule has 52 valence electrons. The van der Waals surface area contributed by atoms with Crippen LogP contribution in [0.3, 0.4) is 0 Å². The molecule has 1 N–H and O–H groups in total. The minimum atomic E-state index is -0.748. The van der Waals surface area contributed by atoms with Gasteiger partial charge in [0.25, 0.3) is 0 Å². The van der Waals surface area contributed by atoms with Crippen LogP contribution in [0, 0.1) is 0 Å². The second-order valence-corrected chi connectivity index (χ2v) is 2.28. The molecular weight excluding hydrogens is 140 g/mol. The number of alkyl halides is 1. The highest BCUT2D eigenvalue weighted by Crippen LogP contribution is 2.10. The van der Waals surface area contributed by atoms with E-state index in [1.165, 1.54) is 0 Å². The third-order valence-electron chi connectivity index (χ3n) is 1.20. The molecule has 0 saturated heterocycles. The van der Waals surface area contributed by atoms with Crippen molar-refractivity contribution in [3.63, 3.8) is 0 Å². The molecule has 1 aliphatic rings. The lowest BCUT2D eigenvalue weighted by Gasteiger charge is -2.19. The van der Waals surface area contributed by atoms with E-state index < -0.39 is 6.29 Å². The summed E-state index contributed by atoms with van der Waals surface area (Å²) in [6.07, 6.45) is 3.54. The van der Waals surface area contributed by atoms with Crippen LogP contribution in [0.4, 0.5) is 0 Å². The topological polar surface area (TPSA) is 29.5 Å². The van der Waals surface area contributed by atoms with Gasteiger partial charge in [-0.1, -0.05) is 6.08 Å². The summed E-state index contributed by atoms with van der Waals surface area (Å²) in [5.74, 6) is 0.446. The van der Waals surface area contributed by atoms with E-state index in [1.807, 2.05) is 6.08 Å². The van der Waals surface area contributed by atoms with Crippen molar-refractivity contribution >= 4 is 11.6 Å². The number of hydrogen-bond acceptors (Lipinski definition) is 2. The van der Waals surface area contributed by atoms with Gasteiger partial charge in [-0.2, -0.15) is 0 Å². The fourth-order valence-corrected chi connectivity index (χ4v) is 0.943. The van der Waals surface area contributed by atoms with Crippen LogP contribution in [-0.4, -0.2) is 23.4 Å². The van der Waals surface area contributed by atoms with Crippen LogP contribution >= 0.6 is 11.6 Å². The Balaban J connectivity index is 2.38. The van der Waals surface area contributed by atoms with Gasteiger partial charge in [-0.3, -0.25) is 0 Å². The first-order valence-corrected chi connectivity index (χ1v) is 3.42. The molecule has 0 aromatic heterocycles. The van der Waals surface area contributed by atoms with Gasteiger partial charge >= 0.3 is 0 Å². The first-order valence-electron chi connectivity index (χ1n) is 2.89. The van der Waals surface area contributed by atoms with Crippen LogP contribution in [-0.2, 0) is 4.74 Å². The maximum Gasteiger partial charge on any atom is 0.174 e. The largest absolute Gasteiger partial charge is 0.365 e. The standard InChI is InChI=1S/C6H9ClO2/c7-4-5-2-1-3-6(8)9-5/h1,3,5-6,8H,2,4H2/t5-,6-/m1/s1. The normalized spacial score (nSPS) is 34.9. The number of rotatable bonds is 1. The monoisotopic (exact) mass is 148 g/mol. The molecule has 0 radical (unpaired) electrons. The summed E-state index contributed by atoms with van der Waals surface area (Å²) in [4.78, 5) is 0. The molecule has 1 heterocycles. The van der Waals surface area contributed by atoms with Crippen molar-refractivity contribution < 1.29 is 9.84 Å². The molecule has 2 nitrogen and oxygen atoms in total. The van der Waals surface area contributed by atoms with E-state index in [4.69, 9.17) is 21.4 Å². The van der Waals surface area contributed by atoms with Crippen LogP contribution in [0.2, 0.25) is 0 Å². The Labute approximate surface area is 59.1 Å². The second-order valence-electron chi connectivity index (χ2n) is 1.97. The fraction of sp³-hybridized carbons (Fsp3) is 0.667. The molecule has 1 rings (SSSR count). The summed E-state index contributed by atoms with van der Waals surface area (Å²) in [7, 11) is 0. The minimum Gasteiger partial charge on any atom is -0.365 e. The van der Waals surface area contributed by atoms with Gasteiger partial charge in [0.05, 0.1) is 6.10 Å². The third-order valence-corrected chi connectivity index (χ3v) is 1.55. The molecular formula is C6H9ClO2. The highest BCUT2D eigenvalue weighted by Gasteiger charge is 2.13. The molecule has 2 atom stereocenters. The third kappa shape index (κ3) is 1.97. The molecule has 0 aromatic rings. The lowest BCUT2D eigenvalue weighted by Crippen LogP contribution is -2.24. The SMILES string of the molecule is O[C@H]1C=CC[C@H](CCl)O1. The Morgan fingerprint density at radius 1 is 1.78 bits per heavy atom. The van der Waals surface area contributed by atoms with Gasteiger partial charge in [-0.15, -0.1) is 11.6 Å². The molecule has 3 heteroatoms. The van der Waals surface area contributed by atoms with Crippen LogP contribution < -0.4 is 0 Å². The summed E-state index contributed by atoms with van der Waals surface area (Å²) in [5.41, 5.74) is 0. The van der Waals surface area contributed by atoms with E-state index in [2.05, 4.69) is 0 Å². The smallest absolute Gasteiger partial charge is 0.174 e. The first kappa shape index (κ1) is 7.06. The van der Waals surface area contributed by atoms with E-state index in [0.29, 0.717) is 5.88 Å². The van der Waals surface area contributed by atoms with Crippen LogP contribution in [0.5, 0.6) is 0 Å². The number of ether oxygens (including phenoxy) is 1. The fourth-order valence-electron chi connectivity index (χ4n) is 0.744. The van der Waals surface area contributed by atoms with E-state index >= 15 is 0 Å². The summed E-state index contributed by atoms with van der Waals surface area (Å²) < 4.78 is 4.97. The van der Waals surface area contributed by atoms with Crippen molar-refractivity contribution in [1.82, 2.24) is 0 Å². The second kappa shape index (κ2) is 3.20. The quantitative estimate of drug-likeness (QED) is 0.442. The zero-order valence-electron chi connectivity index (χ0n) is 4.96. The van der Waals surface area contributed by atoms with Gasteiger partial charge in [0.2, 0.25) is 0 Å². The van der Waals surface area contributed by atoms with Crippen LogP contribution in [0.15, 0.2) is 12.2 Å². The van der Waals surface area contributed by atoms with Crippen molar-refractivity contribution in [2.75, 3.05) is 5.88 Å². The molecule has 0 saturated carbocycles. The maximum atomic E-state index is 8.84. The Bertz CT molecular complexity index is 114.